The highest BCUT2D eigenvalue weighted by molar-refractivity contribution is 6.33. The number of nitro benzene ring substituents is 1. The van der Waals surface area contributed by atoms with Gasteiger partial charge in [-0.05, 0) is 36.1 Å². The molecule has 0 fully saturated rings. The lowest BCUT2D eigenvalue weighted by Crippen LogP contribution is -2.31. The van der Waals surface area contributed by atoms with E-state index in [9.17, 15) is 14.9 Å². The molecule has 25 heavy (non-hydrogen) atoms. The number of nitro groups is 1. The minimum absolute atomic E-state index is 0.00314. The predicted octanol–water partition coefficient (Wildman–Crippen LogP) is 4.08. The molecular weight excluding hydrogens is 342 g/mol. The Hall–Kier alpha value is -2.60. The van der Waals surface area contributed by atoms with Crippen molar-refractivity contribution in [3.05, 3.63) is 62.2 Å². The van der Waals surface area contributed by atoms with Crippen molar-refractivity contribution in [3.8, 4) is 0 Å². The van der Waals surface area contributed by atoms with Gasteiger partial charge in [-0.15, -0.1) is 0 Å². The van der Waals surface area contributed by atoms with Crippen molar-refractivity contribution in [3.63, 3.8) is 0 Å². The van der Waals surface area contributed by atoms with Crippen LogP contribution in [0.25, 0.3) is 0 Å². The normalized spacial score (nSPS) is 13.3. The van der Waals surface area contributed by atoms with E-state index in [1.165, 1.54) is 13.0 Å². The number of carbonyl (C=O) groups excluding carboxylic acids is 1. The van der Waals surface area contributed by atoms with Crippen LogP contribution in [0.3, 0.4) is 0 Å². The minimum Gasteiger partial charge on any atom is -0.365 e. The second-order valence-corrected chi connectivity index (χ2v) is 6.55. The van der Waals surface area contributed by atoms with Gasteiger partial charge in [0.05, 0.1) is 15.6 Å². The van der Waals surface area contributed by atoms with Crippen LogP contribution in [-0.4, -0.2) is 17.4 Å². The number of non-ortho nitro benzene ring substituents is 1. The Bertz CT molecular complexity index is 844. The van der Waals surface area contributed by atoms with Crippen LogP contribution in [0.2, 0.25) is 5.02 Å². The van der Waals surface area contributed by atoms with Crippen LogP contribution < -0.4 is 10.2 Å². The minimum atomic E-state index is -0.437. The third kappa shape index (κ3) is 3.44. The average molecular weight is 360 g/mol. The number of nitrogens with zero attached hydrogens (tertiary/aromatic N) is 2. The molecule has 130 valence electrons. The molecule has 3 rings (SSSR count). The monoisotopic (exact) mass is 359 g/mol. The Balaban J connectivity index is 1.94. The number of fused-ring (bicyclic) bond motifs is 1. The molecule has 0 unspecified atom stereocenters. The molecular formula is C18H18ClN3O3. The molecule has 7 heteroatoms. The maximum Gasteiger partial charge on any atom is 0.271 e. The maximum atomic E-state index is 11.4. The first kappa shape index (κ1) is 17.2. The third-order valence-corrected chi connectivity index (χ3v) is 4.63. The summed E-state index contributed by atoms with van der Waals surface area (Å²) in [6.45, 7) is 4.69. The van der Waals surface area contributed by atoms with Gasteiger partial charge in [0, 0.05) is 37.8 Å². The second-order valence-electron chi connectivity index (χ2n) is 6.15. The first-order valence-corrected chi connectivity index (χ1v) is 8.32. The van der Waals surface area contributed by atoms with Gasteiger partial charge in [0.2, 0.25) is 5.91 Å². The number of nitrogens with one attached hydrogen (secondary N) is 1. The van der Waals surface area contributed by atoms with Gasteiger partial charge in [-0.3, -0.25) is 14.9 Å². The van der Waals surface area contributed by atoms with Crippen molar-refractivity contribution in [1.29, 1.82) is 0 Å². The van der Waals surface area contributed by atoms with Crippen LogP contribution in [0, 0.1) is 17.0 Å². The topological polar surface area (TPSA) is 75.5 Å². The van der Waals surface area contributed by atoms with Crippen molar-refractivity contribution in [2.45, 2.75) is 26.8 Å². The molecule has 1 amide bonds. The summed E-state index contributed by atoms with van der Waals surface area (Å²) >= 11 is 6.34. The fourth-order valence-corrected chi connectivity index (χ4v) is 3.71. The fraction of sp³-hybridized carbons (Fsp3) is 0.278. The van der Waals surface area contributed by atoms with Gasteiger partial charge >= 0.3 is 0 Å². The van der Waals surface area contributed by atoms with E-state index in [4.69, 9.17) is 11.6 Å². The Kier molecular flexibility index (Phi) is 4.63. The standard InChI is InChI=1S/C18H18ClN3O3/c1-11-8-14(22(24)25)9-16(19)18(11)21-7-6-15-13(10-21)4-3-5-17(15)20-12(2)23/h3-5,8-9H,6-7,10H2,1-2H3,(H,20,23). The van der Waals surface area contributed by atoms with Gasteiger partial charge in [-0.1, -0.05) is 23.7 Å². The number of rotatable bonds is 3. The molecule has 0 spiro atoms. The molecule has 1 aliphatic heterocycles. The lowest BCUT2D eigenvalue weighted by atomic mass is 9.96. The molecule has 0 aromatic heterocycles. The van der Waals surface area contributed by atoms with Crippen LogP contribution in [0.15, 0.2) is 30.3 Å². The molecule has 0 radical (unpaired) electrons. The van der Waals surface area contributed by atoms with Crippen LogP contribution in [0.1, 0.15) is 23.6 Å². The summed E-state index contributed by atoms with van der Waals surface area (Å²) in [5.41, 5.74) is 4.69. The second kappa shape index (κ2) is 6.72. The van der Waals surface area contributed by atoms with Gasteiger partial charge in [-0.25, -0.2) is 0 Å². The van der Waals surface area contributed by atoms with E-state index >= 15 is 0 Å². The quantitative estimate of drug-likeness (QED) is 0.661. The summed E-state index contributed by atoms with van der Waals surface area (Å²) in [7, 11) is 0. The Morgan fingerprint density at radius 3 is 2.76 bits per heavy atom. The number of hydrogen-bond donors (Lipinski definition) is 1. The van der Waals surface area contributed by atoms with Gasteiger partial charge in [0.15, 0.2) is 0 Å². The Morgan fingerprint density at radius 1 is 1.36 bits per heavy atom. The highest BCUT2D eigenvalue weighted by atomic mass is 35.5. The maximum absolute atomic E-state index is 11.4. The van der Waals surface area contributed by atoms with E-state index in [2.05, 4.69) is 10.2 Å². The highest BCUT2D eigenvalue weighted by Gasteiger charge is 2.23. The largest absolute Gasteiger partial charge is 0.365 e. The molecule has 0 saturated carbocycles. The predicted molar refractivity (Wildman–Crippen MR) is 98.3 cm³/mol. The van der Waals surface area contributed by atoms with Crippen LogP contribution in [-0.2, 0) is 17.8 Å². The fourth-order valence-electron chi connectivity index (χ4n) is 3.33. The molecule has 0 aliphatic carbocycles. The van der Waals surface area contributed by atoms with Crippen LogP contribution in [0.5, 0.6) is 0 Å². The van der Waals surface area contributed by atoms with Crippen molar-refractivity contribution in [2.24, 2.45) is 0 Å². The lowest BCUT2D eigenvalue weighted by molar-refractivity contribution is -0.384. The smallest absolute Gasteiger partial charge is 0.271 e. The van der Waals surface area contributed by atoms with Gasteiger partial charge in [0.25, 0.3) is 5.69 Å². The molecule has 2 aromatic rings. The van der Waals surface area contributed by atoms with E-state index in [0.29, 0.717) is 11.6 Å². The van der Waals surface area contributed by atoms with Gasteiger partial charge in [0.1, 0.15) is 0 Å². The van der Waals surface area contributed by atoms with Gasteiger partial charge < -0.3 is 10.2 Å². The molecule has 6 nitrogen and oxygen atoms in total. The highest BCUT2D eigenvalue weighted by Crippen LogP contribution is 2.37. The number of amides is 1. The lowest BCUT2D eigenvalue weighted by Gasteiger charge is -2.33. The Morgan fingerprint density at radius 2 is 2.12 bits per heavy atom. The number of halogens is 1. The average Bonchev–Trinajstić information content (AvgIpc) is 2.53. The first-order valence-electron chi connectivity index (χ1n) is 7.94. The van der Waals surface area contributed by atoms with E-state index in [1.807, 2.05) is 25.1 Å². The summed E-state index contributed by atoms with van der Waals surface area (Å²) in [6, 6.07) is 8.79. The molecule has 1 heterocycles. The SMILES string of the molecule is CC(=O)Nc1cccc2c1CCN(c1c(C)cc([N+](=O)[O-])cc1Cl)C2. The number of aryl methyl sites for hydroxylation is 1. The zero-order valence-electron chi connectivity index (χ0n) is 14.0. The van der Waals surface area contributed by atoms with E-state index in [0.717, 1.165) is 41.0 Å². The summed E-state index contributed by atoms with van der Waals surface area (Å²) in [5, 5.41) is 14.2. The van der Waals surface area contributed by atoms with Crippen LogP contribution in [0.4, 0.5) is 17.1 Å². The number of benzene rings is 2. The summed E-state index contributed by atoms with van der Waals surface area (Å²) < 4.78 is 0. The zero-order valence-corrected chi connectivity index (χ0v) is 14.8. The summed E-state index contributed by atoms with van der Waals surface area (Å²) in [6.07, 6.45) is 0.762. The summed E-state index contributed by atoms with van der Waals surface area (Å²) in [5.74, 6) is -0.0925. The summed E-state index contributed by atoms with van der Waals surface area (Å²) in [4.78, 5) is 24.0. The molecule has 2 aromatic carbocycles. The number of carbonyl (C=O) groups is 1. The first-order chi connectivity index (χ1) is 11.9. The third-order valence-electron chi connectivity index (χ3n) is 4.34. The molecule has 0 atom stereocenters. The van der Waals surface area contributed by atoms with Gasteiger partial charge in [-0.2, -0.15) is 0 Å². The molecule has 0 saturated heterocycles. The van der Waals surface area contributed by atoms with Crippen molar-refractivity contribution in [1.82, 2.24) is 0 Å². The van der Waals surface area contributed by atoms with E-state index in [-0.39, 0.29) is 11.6 Å². The van der Waals surface area contributed by atoms with Crippen LogP contribution >= 0.6 is 11.6 Å². The molecule has 0 bridgehead atoms. The number of anilines is 2. The van der Waals surface area contributed by atoms with Crippen molar-refractivity contribution >= 4 is 34.6 Å². The van der Waals surface area contributed by atoms with E-state index in [1.54, 1.807) is 6.07 Å². The molecule has 1 aliphatic rings. The number of hydrogen-bond acceptors (Lipinski definition) is 4. The van der Waals surface area contributed by atoms with Crippen molar-refractivity contribution < 1.29 is 9.72 Å². The van der Waals surface area contributed by atoms with E-state index < -0.39 is 4.92 Å². The molecule has 1 N–H and O–H groups in total. The zero-order chi connectivity index (χ0) is 18.1. The van der Waals surface area contributed by atoms with Crippen molar-refractivity contribution in [2.75, 3.05) is 16.8 Å². The Labute approximate surface area is 150 Å².